The number of benzene rings is 3. The highest BCUT2D eigenvalue weighted by Crippen LogP contribution is 2.31. The van der Waals surface area contributed by atoms with Crippen LogP contribution in [0.25, 0.3) is 22.5 Å². The van der Waals surface area contributed by atoms with Crippen molar-refractivity contribution in [1.29, 1.82) is 0 Å². The van der Waals surface area contributed by atoms with Crippen LogP contribution >= 0.6 is 0 Å². The van der Waals surface area contributed by atoms with E-state index in [1.54, 1.807) is 14.0 Å². The third-order valence-corrected chi connectivity index (χ3v) is 6.20. The molecule has 0 atom stereocenters. The Morgan fingerprint density at radius 3 is 2.30 bits per heavy atom. The van der Waals surface area contributed by atoms with E-state index in [1.165, 1.54) is 0 Å². The van der Waals surface area contributed by atoms with Crippen molar-refractivity contribution < 1.29 is 14.1 Å². The fraction of sp³-hybridized carbons (Fsp3) is 0.276. The Labute approximate surface area is 217 Å². The second kappa shape index (κ2) is 11.3. The number of ether oxygens (including phenoxy) is 1. The van der Waals surface area contributed by atoms with Crippen LogP contribution in [0.15, 0.2) is 65.2 Å². The maximum Gasteiger partial charge on any atom is 0.255 e. The summed E-state index contributed by atoms with van der Waals surface area (Å²) < 4.78 is 10.6. The van der Waals surface area contributed by atoms with E-state index < -0.39 is 0 Å². The molecule has 0 spiro atoms. The van der Waals surface area contributed by atoms with E-state index in [0.717, 1.165) is 46.8 Å². The molecule has 1 amide bonds. The summed E-state index contributed by atoms with van der Waals surface area (Å²) >= 11 is 0. The largest absolute Gasteiger partial charge is 0.495 e. The maximum absolute atomic E-state index is 13.0. The average Bonchev–Trinajstić information content (AvgIpc) is 3.33. The van der Waals surface area contributed by atoms with Gasteiger partial charge in [0.25, 0.3) is 5.91 Å². The first-order valence-electron chi connectivity index (χ1n) is 12.1. The summed E-state index contributed by atoms with van der Waals surface area (Å²) in [5.74, 6) is 1.70. The molecule has 0 aliphatic carbocycles. The first kappa shape index (κ1) is 25.9. The summed E-state index contributed by atoms with van der Waals surface area (Å²) in [5.41, 5.74) is 6.31. The Morgan fingerprint density at radius 1 is 0.946 bits per heavy atom. The molecule has 0 saturated heterocycles. The molecule has 37 heavy (non-hydrogen) atoms. The molecule has 1 heterocycles. The summed E-state index contributed by atoms with van der Waals surface area (Å²) in [6, 6.07) is 19.3. The molecule has 1 aromatic heterocycles. The highest BCUT2D eigenvalue weighted by atomic mass is 16.5. The average molecular weight is 500 g/mol. The summed E-state index contributed by atoms with van der Waals surface area (Å²) in [5, 5.41) is 7.01. The van der Waals surface area contributed by atoms with Gasteiger partial charge in [-0.05, 0) is 74.1 Å². The minimum absolute atomic E-state index is 0.168. The number of carbonyl (C=O) groups excluding carboxylic acids is 1. The van der Waals surface area contributed by atoms with Crippen molar-refractivity contribution in [3.05, 3.63) is 77.7 Å². The molecule has 4 rings (SSSR count). The number of nitrogens with zero attached hydrogens (tertiary/aromatic N) is 4. The Morgan fingerprint density at radius 2 is 1.68 bits per heavy atom. The smallest absolute Gasteiger partial charge is 0.255 e. The summed E-state index contributed by atoms with van der Waals surface area (Å²) in [4.78, 5) is 21.5. The maximum atomic E-state index is 13.0. The molecule has 8 nitrogen and oxygen atoms in total. The number of hydrogen-bond acceptors (Lipinski definition) is 7. The van der Waals surface area contributed by atoms with Gasteiger partial charge in [-0.1, -0.05) is 29.4 Å². The molecule has 1 N–H and O–H groups in total. The van der Waals surface area contributed by atoms with Crippen molar-refractivity contribution >= 4 is 17.3 Å². The number of aryl methyl sites for hydroxylation is 2. The van der Waals surface area contributed by atoms with Crippen molar-refractivity contribution in [1.82, 2.24) is 15.0 Å². The van der Waals surface area contributed by atoms with Crippen LogP contribution in [0.4, 0.5) is 11.4 Å². The minimum Gasteiger partial charge on any atom is -0.495 e. The van der Waals surface area contributed by atoms with Gasteiger partial charge in [0.1, 0.15) is 5.75 Å². The third kappa shape index (κ3) is 6.16. The molecule has 0 unspecified atom stereocenters. The second-order valence-corrected chi connectivity index (χ2v) is 9.31. The van der Waals surface area contributed by atoms with Gasteiger partial charge in [0.2, 0.25) is 11.7 Å². The topological polar surface area (TPSA) is 83.7 Å². The normalized spacial score (nSPS) is 11.0. The molecule has 4 aromatic rings. The lowest BCUT2D eigenvalue weighted by atomic mass is 9.97. The number of anilines is 2. The van der Waals surface area contributed by atoms with Crippen molar-refractivity contribution in [2.24, 2.45) is 0 Å². The molecular weight excluding hydrogens is 466 g/mol. The van der Waals surface area contributed by atoms with E-state index in [0.29, 0.717) is 23.0 Å². The van der Waals surface area contributed by atoms with Gasteiger partial charge in [-0.25, -0.2) is 0 Å². The molecule has 0 fully saturated rings. The Bertz CT molecular complexity index is 1380. The van der Waals surface area contributed by atoms with Crippen molar-refractivity contribution in [3.8, 4) is 28.3 Å². The molecule has 8 heteroatoms. The van der Waals surface area contributed by atoms with Crippen LogP contribution in [0.1, 0.15) is 21.8 Å². The van der Waals surface area contributed by atoms with Crippen LogP contribution in [0.3, 0.4) is 0 Å². The van der Waals surface area contributed by atoms with Crippen molar-refractivity contribution in [3.63, 3.8) is 0 Å². The number of likely N-dealkylation sites (N-methyl/N-ethyl adjacent to an activating group) is 2. The van der Waals surface area contributed by atoms with E-state index in [9.17, 15) is 4.79 Å². The Kier molecular flexibility index (Phi) is 7.89. The third-order valence-electron chi connectivity index (χ3n) is 6.20. The van der Waals surface area contributed by atoms with Gasteiger partial charge >= 0.3 is 0 Å². The quantitative estimate of drug-likeness (QED) is 0.335. The lowest BCUT2D eigenvalue weighted by Gasteiger charge is -2.24. The summed E-state index contributed by atoms with van der Waals surface area (Å²) in [6.07, 6.45) is 0. The first-order valence-corrected chi connectivity index (χ1v) is 12.1. The van der Waals surface area contributed by atoms with Gasteiger partial charge in [-0.15, -0.1) is 0 Å². The summed E-state index contributed by atoms with van der Waals surface area (Å²) in [6.45, 7) is 5.55. The van der Waals surface area contributed by atoms with Crippen molar-refractivity contribution in [2.75, 3.05) is 51.6 Å². The zero-order chi connectivity index (χ0) is 26.5. The van der Waals surface area contributed by atoms with Crippen LogP contribution in [0.2, 0.25) is 0 Å². The second-order valence-electron chi connectivity index (χ2n) is 9.31. The lowest BCUT2D eigenvalue weighted by molar-refractivity contribution is 0.102. The number of rotatable bonds is 9. The van der Waals surface area contributed by atoms with Gasteiger partial charge in [-0.2, -0.15) is 4.98 Å². The molecule has 0 aliphatic heterocycles. The Hall–Kier alpha value is -4.17. The number of hydrogen-bond donors (Lipinski definition) is 1. The fourth-order valence-corrected chi connectivity index (χ4v) is 4.08. The minimum atomic E-state index is -0.168. The predicted octanol–water partition coefficient (Wildman–Crippen LogP) is 5.28. The lowest BCUT2D eigenvalue weighted by Crippen LogP contribution is -2.28. The van der Waals surface area contributed by atoms with Crippen LogP contribution < -0.4 is 15.0 Å². The van der Waals surface area contributed by atoms with E-state index >= 15 is 0 Å². The van der Waals surface area contributed by atoms with Gasteiger partial charge in [0.15, 0.2) is 0 Å². The van der Waals surface area contributed by atoms with Crippen LogP contribution in [0.5, 0.6) is 5.75 Å². The van der Waals surface area contributed by atoms with E-state index in [4.69, 9.17) is 9.26 Å². The van der Waals surface area contributed by atoms with Gasteiger partial charge in [0.05, 0.1) is 12.8 Å². The zero-order valence-corrected chi connectivity index (χ0v) is 22.2. The summed E-state index contributed by atoms with van der Waals surface area (Å²) in [7, 11) is 7.75. The van der Waals surface area contributed by atoms with Gasteiger partial charge in [-0.3, -0.25) is 4.79 Å². The van der Waals surface area contributed by atoms with Gasteiger partial charge in [0, 0.05) is 43.9 Å². The SMILES string of the molecule is COc1ccc(NC(=O)c2ccc(-c3ccc(-c4noc(C)n4)cc3C)cc2)cc1N(C)CCN(C)C. The van der Waals surface area contributed by atoms with E-state index in [1.807, 2.05) is 88.7 Å². The number of methoxy groups -OCH3 is 1. The molecule has 192 valence electrons. The number of aromatic nitrogens is 2. The fourth-order valence-electron chi connectivity index (χ4n) is 4.08. The molecule has 0 saturated carbocycles. The molecular formula is C29H33N5O3. The monoisotopic (exact) mass is 499 g/mol. The van der Waals surface area contributed by atoms with Crippen LogP contribution in [0, 0.1) is 13.8 Å². The van der Waals surface area contributed by atoms with Crippen LogP contribution in [-0.4, -0.2) is 62.3 Å². The number of amides is 1. The molecule has 0 aliphatic rings. The standard InChI is InChI=1S/C29H33N5O3/c1-19-17-23(28-30-20(2)37-32-28)11-13-25(19)21-7-9-22(10-8-21)29(35)31-24-12-14-27(36-6)26(18-24)34(5)16-15-33(3)4/h7-14,17-18H,15-16H2,1-6H3,(H,31,35). The molecule has 3 aromatic carbocycles. The Balaban J connectivity index is 1.48. The van der Waals surface area contributed by atoms with E-state index in [-0.39, 0.29) is 5.91 Å². The predicted molar refractivity (Wildman–Crippen MR) is 147 cm³/mol. The van der Waals surface area contributed by atoms with E-state index in [2.05, 4.69) is 25.3 Å². The number of nitrogens with one attached hydrogen (secondary N) is 1. The van der Waals surface area contributed by atoms with Gasteiger partial charge < -0.3 is 24.4 Å². The molecule has 0 radical (unpaired) electrons. The highest BCUT2D eigenvalue weighted by molar-refractivity contribution is 6.04. The first-order chi connectivity index (χ1) is 17.7. The molecule has 0 bridgehead atoms. The van der Waals surface area contributed by atoms with Crippen LogP contribution in [-0.2, 0) is 0 Å². The highest BCUT2D eigenvalue weighted by Gasteiger charge is 2.13. The number of carbonyl (C=O) groups is 1. The zero-order valence-electron chi connectivity index (χ0n) is 22.2. The van der Waals surface area contributed by atoms with Crippen molar-refractivity contribution in [2.45, 2.75) is 13.8 Å².